The second-order valence-electron chi connectivity index (χ2n) is 4.56. The van der Waals surface area contributed by atoms with Crippen molar-refractivity contribution in [3.8, 4) is 0 Å². The number of nitrogens with zero attached hydrogens (tertiary/aromatic N) is 2. The minimum atomic E-state index is -0.941. The van der Waals surface area contributed by atoms with Gasteiger partial charge in [0.1, 0.15) is 12.0 Å². The first kappa shape index (κ1) is 13.7. The number of methoxy groups -OCH3 is 1. The lowest BCUT2D eigenvalue weighted by atomic mass is 9.99. The van der Waals surface area contributed by atoms with E-state index in [1.807, 2.05) is 0 Å². The SMILES string of the molecule is COC(=O)C1=NN[C@@H]2C(=O)N(c3cccc(Br)c3)C(=O)[C@@H]12. The highest BCUT2D eigenvalue weighted by Crippen LogP contribution is 2.31. The van der Waals surface area contributed by atoms with E-state index < -0.39 is 29.7 Å². The van der Waals surface area contributed by atoms with Crippen molar-refractivity contribution in [2.75, 3.05) is 12.0 Å². The van der Waals surface area contributed by atoms with Gasteiger partial charge in [-0.3, -0.25) is 15.0 Å². The van der Waals surface area contributed by atoms with Crippen LogP contribution in [0.2, 0.25) is 0 Å². The van der Waals surface area contributed by atoms with Crippen molar-refractivity contribution in [3.63, 3.8) is 0 Å². The van der Waals surface area contributed by atoms with Gasteiger partial charge in [-0.25, -0.2) is 9.69 Å². The maximum absolute atomic E-state index is 12.5. The second kappa shape index (κ2) is 4.96. The van der Waals surface area contributed by atoms with Gasteiger partial charge in [0.15, 0.2) is 5.71 Å². The molecule has 0 unspecified atom stereocenters. The average Bonchev–Trinajstić information content (AvgIpc) is 3.00. The van der Waals surface area contributed by atoms with Crippen molar-refractivity contribution in [1.82, 2.24) is 5.43 Å². The zero-order valence-electron chi connectivity index (χ0n) is 10.9. The predicted octanol–water partition coefficient (Wildman–Crippen LogP) is 0.439. The van der Waals surface area contributed by atoms with Gasteiger partial charge in [0, 0.05) is 4.47 Å². The van der Waals surface area contributed by atoms with Crippen LogP contribution in [0.25, 0.3) is 0 Å². The predicted molar refractivity (Wildman–Crippen MR) is 76.5 cm³/mol. The molecule has 0 aliphatic carbocycles. The lowest BCUT2D eigenvalue weighted by Crippen LogP contribution is -2.36. The van der Waals surface area contributed by atoms with Crippen LogP contribution in [0.1, 0.15) is 0 Å². The van der Waals surface area contributed by atoms with Crippen molar-refractivity contribution < 1.29 is 19.1 Å². The van der Waals surface area contributed by atoms with Crippen molar-refractivity contribution in [2.24, 2.45) is 11.0 Å². The molecule has 2 aliphatic heterocycles. The Kier molecular flexibility index (Phi) is 3.25. The number of anilines is 1. The number of nitrogens with one attached hydrogen (secondary N) is 1. The number of amides is 2. The zero-order chi connectivity index (χ0) is 15.1. The molecule has 2 atom stereocenters. The van der Waals surface area contributed by atoms with E-state index in [1.165, 1.54) is 7.11 Å². The Morgan fingerprint density at radius 3 is 2.81 bits per heavy atom. The lowest BCUT2D eigenvalue weighted by Gasteiger charge is -2.15. The number of imide groups is 1. The zero-order valence-corrected chi connectivity index (χ0v) is 12.5. The summed E-state index contributed by atoms with van der Waals surface area (Å²) in [6.45, 7) is 0. The van der Waals surface area contributed by atoms with E-state index >= 15 is 0 Å². The van der Waals surface area contributed by atoms with Crippen LogP contribution in [0.15, 0.2) is 33.8 Å². The number of carbonyl (C=O) groups excluding carboxylic acids is 3. The molecule has 108 valence electrons. The van der Waals surface area contributed by atoms with E-state index in [-0.39, 0.29) is 5.71 Å². The number of fused-ring (bicyclic) bond motifs is 1. The molecule has 2 aliphatic rings. The van der Waals surface area contributed by atoms with Gasteiger partial charge in [-0.2, -0.15) is 5.10 Å². The van der Waals surface area contributed by atoms with Gasteiger partial charge in [0.25, 0.3) is 5.91 Å². The van der Waals surface area contributed by atoms with Gasteiger partial charge in [-0.15, -0.1) is 0 Å². The maximum atomic E-state index is 12.5. The highest BCUT2D eigenvalue weighted by molar-refractivity contribution is 9.10. The number of carbonyl (C=O) groups is 3. The smallest absolute Gasteiger partial charge is 0.355 e. The summed E-state index contributed by atoms with van der Waals surface area (Å²) in [4.78, 5) is 37.6. The Morgan fingerprint density at radius 1 is 1.38 bits per heavy atom. The topological polar surface area (TPSA) is 88.1 Å². The molecule has 2 amide bonds. The molecule has 1 aromatic rings. The summed E-state index contributed by atoms with van der Waals surface area (Å²) in [7, 11) is 1.20. The first-order chi connectivity index (χ1) is 10.0. The third kappa shape index (κ3) is 2.02. The van der Waals surface area contributed by atoms with Crippen LogP contribution >= 0.6 is 15.9 Å². The van der Waals surface area contributed by atoms with Crippen LogP contribution in [0.3, 0.4) is 0 Å². The van der Waals surface area contributed by atoms with Crippen molar-refractivity contribution >= 4 is 45.1 Å². The Hall–Kier alpha value is -2.22. The molecular weight excluding hydrogens is 342 g/mol. The Morgan fingerprint density at radius 2 is 2.14 bits per heavy atom. The van der Waals surface area contributed by atoms with Crippen LogP contribution in [0.5, 0.6) is 0 Å². The minimum Gasteiger partial charge on any atom is -0.464 e. The molecule has 1 saturated heterocycles. The van der Waals surface area contributed by atoms with Crippen LogP contribution in [0, 0.1) is 5.92 Å². The van der Waals surface area contributed by atoms with Crippen LogP contribution < -0.4 is 10.3 Å². The molecule has 1 aromatic carbocycles. The molecular formula is C13H10BrN3O4. The van der Waals surface area contributed by atoms with E-state index in [9.17, 15) is 14.4 Å². The monoisotopic (exact) mass is 351 g/mol. The summed E-state index contributed by atoms with van der Waals surface area (Å²) >= 11 is 3.29. The molecule has 1 N–H and O–H groups in total. The number of benzene rings is 1. The fraction of sp³-hybridized carbons (Fsp3) is 0.231. The number of rotatable bonds is 2. The van der Waals surface area contributed by atoms with E-state index in [1.54, 1.807) is 24.3 Å². The van der Waals surface area contributed by atoms with Gasteiger partial charge >= 0.3 is 5.97 Å². The molecule has 0 aromatic heterocycles. The normalized spacial score (nSPS) is 23.7. The molecule has 0 radical (unpaired) electrons. The largest absolute Gasteiger partial charge is 0.464 e. The summed E-state index contributed by atoms with van der Waals surface area (Å²) in [5.41, 5.74) is 2.92. The van der Waals surface area contributed by atoms with Crippen LogP contribution in [-0.4, -0.2) is 36.6 Å². The van der Waals surface area contributed by atoms with Crippen LogP contribution in [-0.2, 0) is 19.1 Å². The highest BCUT2D eigenvalue weighted by Gasteiger charge is 2.55. The summed E-state index contributed by atoms with van der Waals surface area (Å²) in [6, 6.07) is 5.96. The molecule has 2 heterocycles. The quantitative estimate of drug-likeness (QED) is 0.616. The number of hydrazone groups is 1. The van der Waals surface area contributed by atoms with E-state index in [0.29, 0.717) is 5.69 Å². The maximum Gasteiger partial charge on any atom is 0.355 e. The number of ether oxygens (including phenoxy) is 1. The second-order valence-corrected chi connectivity index (χ2v) is 5.48. The number of hydrogen-bond acceptors (Lipinski definition) is 6. The van der Waals surface area contributed by atoms with Crippen molar-refractivity contribution in [1.29, 1.82) is 0 Å². The number of hydrogen-bond donors (Lipinski definition) is 1. The van der Waals surface area contributed by atoms with Crippen LogP contribution in [0.4, 0.5) is 5.69 Å². The molecule has 0 saturated carbocycles. The summed E-state index contributed by atoms with van der Waals surface area (Å²) in [6.07, 6.45) is 0. The highest BCUT2D eigenvalue weighted by atomic mass is 79.9. The summed E-state index contributed by atoms with van der Waals surface area (Å²) < 4.78 is 5.33. The standard InChI is InChI=1S/C13H10BrN3O4/c1-21-13(20)10-8-9(15-16-10)12(19)17(11(8)18)7-4-2-3-6(14)5-7/h2-5,8-9,15H,1H3/t8-,9+/m1/s1. The van der Waals surface area contributed by atoms with Gasteiger partial charge in [-0.1, -0.05) is 22.0 Å². The summed E-state index contributed by atoms with van der Waals surface area (Å²) in [5, 5.41) is 3.75. The first-order valence-electron chi connectivity index (χ1n) is 6.09. The molecule has 21 heavy (non-hydrogen) atoms. The molecule has 3 rings (SSSR count). The van der Waals surface area contributed by atoms with Crippen molar-refractivity contribution in [2.45, 2.75) is 6.04 Å². The van der Waals surface area contributed by atoms with E-state index in [2.05, 4.69) is 31.2 Å². The third-order valence-corrected chi connectivity index (χ3v) is 3.88. The molecule has 0 bridgehead atoms. The van der Waals surface area contributed by atoms with Gasteiger partial charge in [0.2, 0.25) is 5.91 Å². The minimum absolute atomic E-state index is 0.0710. The van der Waals surface area contributed by atoms with E-state index in [4.69, 9.17) is 0 Å². The Labute approximate surface area is 128 Å². The average molecular weight is 352 g/mol. The lowest BCUT2D eigenvalue weighted by molar-refractivity contribution is -0.133. The van der Waals surface area contributed by atoms with Gasteiger partial charge < -0.3 is 4.74 Å². The summed E-state index contributed by atoms with van der Waals surface area (Å²) in [5.74, 6) is -2.58. The third-order valence-electron chi connectivity index (χ3n) is 3.39. The first-order valence-corrected chi connectivity index (χ1v) is 6.88. The fourth-order valence-electron chi connectivity index (χ4n) is 2.43. The van der Waals surface area contributed by atoms with Gasteiger partial charge in [0.05, 0.1) is 12.8 Å². The molecule has 8 heteroatoms. The fourth-order valence-corrected chi connectivity index (χ4v) is 2.82. The number of esters is 1. The van der Waals surface area contributed by atoms with Gasteiger partial charge in [-0.05, 0) is 18.2 Å². The molecule has 0 spiro atoms. The Bertz CT molecular complexity index is 688. The molecule has 7 nitrogen and oxygen atoms in total. The van der Waals surface area contributed by atoms with E-state index in [0.717, 1.165) is 9.37 Å². The van der Waals surface area contributed by atoms with Crippen molar-refractivity contribution in [3.05, 3.63) is 28.7 Å². The number of halogens is 1. The molecule has 1 fully saturated rings. The Balaban J connectivity index is 1.98.